The summed E-state index contributed by atoms with van der Waals surface area (Å²) in [6, 6.07) is 5.61. The van der Waals surface area contributed by atoms with Crippen LogP contribution in [0.2, 0.25) is 0 Å². The number of aldehydes is 1. The summed E-state index contributed by atoms with van der Waals surface area (Å²) in [5.41, 5.74) is 0.691. The summed E-state index contributed by atoms with van der Waals surface area (Å²) in [6.45, 7) is 4.42. The molecule has 158 valence electrons. The number of rotatable bonds is 4. The van der Waals surface area contributed by atoms with Gasteiger partial charge in [0, 0.05) is 17.9 Å². The molecular formula is C24H26F2N2O2. The number of benzene rings is 1. The van der Waals surface area contributed by atoms with Gasteiger partial charge in [-0.3, -0.25) is 0 Å². The third-order valence-electron chi connectivity index (χ3n) is 8.51. The molecule has 5 rings (SSSR count). The number of aromatic nitrogens is 2. The summed E-state index contributed by atoms with van der Waals surface area (Å²) in [5.74, 6) is -1.12. The van der Waals surface area contributed by atoms with Crippen molar-refractivity contribution >= 4 is 6.29 Å². The van der Waals surface area contributed by atoms with Crippen LogP contribution in [-0.4, -0.2) is 29.7 Å². The molecule has 1 aromatic heterocycles. The third kappa shape index (κ3) is 2.20. The SMILES string of the molecule is CO[C@H]1CCC(C=O)([C@]23CC[C@@H](c4cc(-c5c(F)cccc5F)nnc42)C3(C)C)C1. The van der Waals surface area contributed by atoms with Gasteiger partial charge in [0.05, 0.1) is 23.1 Å². The zero-order valence-electron chi connectivity index (χ0n) is 17.5. The molecule has 2 bridgehead atoms. The fourth-order valence-corrected chi connectivity index (χ4v) is 7.13. The Morgan fingerprint density at radius 2 is 1.87 bits per heavy atom. The van der Waals surface area contributed by atoms with Crippen molar-refractivity contribution in [3.8, 4) is 11.3 Å². The number of hydrogen-bond donors (Lipinski definition) is 0. The van der Waals surface area contributed by atoms with Crippen LogP contribution in [0.3, 0.4) is 0 Å². The number of halogens is 2. The first kappa shape index (κ1) is 19.7. The van der Waals surface area contributed by atoms with E-state index in [-0.39, 0.29) is 28.7 Å². The first-order chi connectivity index (χ1) is 14.3. The van der Waals surface area contributed by atoms with Gasteiger partial charge in [-0.05, 0) is 67.2 Å². The van der Waals surface area contributed by atoms with Crippen LogP contribution in [0, 0.1) is 22.5 Å². The van der Waals surface area contributed by atoms with Crippen molar-refractivity contribution in [2.45, 2.75) is 63.4 Å². The van der Waals surface area contributed by atoms with Gasteiger partial charge in [-0.2, -0.15) is 10.2 Å². The number of carbonyl (C=O) groups excluding carboxylic acids is 1. The van der Waals surface area contributed by atoms with Crippen LogP contribution in [0.15, 0.2) is 24.3 Å². The van der Waals surface area contributed by atoms with Gasteiger partial charge in [-0.1, -0.05) is 19.9 Å². The Morgan fingerprint density at radius 3 is 2.50 bits per heavy atom. The van der Waals surface area contributed by atoms with Gasteiger partial charge in [0.25, 0.3) is 0 Å². The smallest absolute Gasteiger partial charge is 0.135 e. The highest BCUT2D eigenvalue weighted by Gasteiger charge is 2.72. The highest BCUT2D eigenvalue weighted by molar-refractivity contribution is 5.69. The average molecular weight is 412 g/mol. The molecule has 3 aliphatic carbocycles. The Balaban J connectivity index is 1.70. The molecule has 0 spiro atoms. The molecular weight excluding hydrogens is 386 g/mol. The lowest BCUT2D eigenvalue weighted by Crippen LogP contribution is -2.51. The number of methoxy groups -OCH3 is 1. The van der Waals surface area contributed by atoms with E-state index in [1.165, 1.54) is 18.2 Å². The normalized spacial score (nSPS) is 33.6. The van der Waals surface area contributed by atoms with E-state index < -0.39 is 22.5 Å². The van der Waals surface area contributed by atoms with Crippen LogP contribution in [0.1, 0.15) is 63.1 Å². The monoisotopic (exact) mass is 412 g/mol. The van der Waals surface area contributed by atoms with Gasteiger partial charge < -0.3 is 9.53 Å². The minimum absolute atomic E-state index is 0.0585. The average Bonchev–Trinajstić information content (AvgIpc) is 3.33. The van der Waals surface area contributed by atoms with Gasteiger partial charge in [0.15, 0.2) is 0 Å². The predicted molar refractivity (Wildman–Crippen MR) is 108 cm³/mol. The van der Waals surface area contributed by atoms with Crippen LogP contribution in [0.4, 0.5) is 8.78 Å². The molecule has 0 N–H and O–H groups in total. The maximum absolute atomic E-state index is 14.4. The molecule has 0 radical (unpaired) electrons. The van der Waals surface area contributed by atoms with E-state index in [9.17, 15) is 13.6 Å². The molecule has 2 saturated carbocycles. The molecule has 1 aromatic carbocycles. The summed E-state index contributed by atoms with van der Waals surface area (Å²) in [6.07, 6.45) is 5.27. The second kappa shape index (κ2) is 6.39. The van der Waals surface area contributed by atoms with E-state index in [1.54, 1.807) is 13.2 Å². The van der Waals surface area contributed by atoms with E-state index in [1.807, 2.05) is 0 Å². The van der Waals surface area contributed by atoms with E-state index in [0.717, 1.165) is 43.2 Å². The topological polar surface area (TPSA) is 52.1 Å². The molecule has 1 unspecified atom stereocenters. The maximum Gasteiger partial charge on any atom is 0.135 e. The molecule has 30 heavy (non-hydrogen) atoms. The van der Waals surface area contributed by atoms with Gasteiger partial charge in [-0.15, -0.1) is 0 Å². The maximum atomic E-state index is 14.4. The summed E-state index contributed by atoms with van der Waals surface area (Å²) < 4.78 is 34.4. The van der Waals surface area contributed by atoms with Crippen molar-refractivity contribution in [1.82, 2.24) is 10.2 Å². The molecule has 2 aromatic rings. The number of nitrogens with zero attached hydrogens (tertiary/aromatic N) is 2. The van der Waals surface area contributed by atoms with E-state index >= 15 is 0 Å². The highest BCUT2D eigenvalue weighted by Crippen LogP contribution is 2.75. The lowest BCUT2D eigenvalue weighted by molar-refractivity contribution is -0.124. The van der Waals surface area contributed by atoms with Gasteiger partial charge in [0.1, 0.15) is 17.9 Å². The summed E-state index contributed by atoms with van der Waals surface area (Å²) in [7, 11) is 1.70. The summed E-state index contributed by atoms with van der Waals surface area (Å²) in [5, 5.41) is 8.84. The number of ether oxygens (including phenoxy) is 1. The Labute approximate surface area is 175 Å². The summed E-state index contributed by atoms with van der Waals surface area (Å²) in [4.78, 5) is 12.6. The van der Waals surface area contributed by atoms with E-state index in [0.29, 0.717) is 6.42 Å². The zero-order valence-corrected chi connectivity index (χ0v) is 17.5. The second-order valence-electron chi connectivity index (χ2n) is 9.72. The van der Waals surface area contributed by atoms with Crippen LogP contribution in [0.25, 0.3) is 11.3 Å². The van der Waals surface area contributed by atoms with Crippen LogP contribution >= 0.6 is 0 Å². The van der Waals surface area contributed by atoms with E-state index in [2.05, 4.69) is 24.0 Å². The largest absolute Gasteiger partial charge is 0.381 e. The highest BCUT2D eigenvalue weighted by atomic mass is 19.1. The molecule has 0 aliphatic heterocycles. The fourth-order valence-electron chi connectivity index (χ4n) is 7.13. The van der Waals surface area contributed by atoms with E-state index in [4.69, 9.17) is 4.74 Å². The quantitative estimate of drug-likeness (QED) is 0.666. The Hall–Kier alpha value is -2.21. The minimum atomic E-state index is -0.649. The number of hydrogen-bond acceptors (Lipinski definition) is 4. The van der Waals surface area contributed by atoms with Crippen molar-refractivity contribution in [2.24, 2.45) is 10.8 Å². The van der Waals surface area contributed by atoms with Crippen molar-refractivity contribution in [1.29, 1.82) is 0 Å². The molecule has 4 nitrogen and oxygen atoms in total. The van der Waals surface area contributed by atoms with Crippen molar-refractivity contribution in [3.05, 3.63) is 47.2 Å². The second-order valence-corrected chi connectivity index (χ2v) is 9.72. The Morgan fingerprint density at radius 1 is 1.13 bits per heavy atom. The predicted octanol–water partition coefficient (Wildman–Crippen LogP) is 4.96. The molecule has 2 fully saturated rings. The first-order valence-electron chi connectivity index (χ1n) is 10.6. The molecule has 1 heterocycles. The zero-order chi connectivity index (χ0) is 21.3. The number of carbonyl (C=O) groups is 1. The first-order valence-corrected chi connectivity index (χ1v) is 10.6. The van der Waals surface area contributed by atoms with Crippen LogP contribution in [0.5, 0.6) is 0 Å². The van der Waals surface area contributed by atoms with Crippen molar-refractivity contribution in [2.75, 3.05) is 7.11 Å². The number of fused-ring (bicyclic) bond motifs is 5. The third-order valence-corrected chi connectivity index (χ3v) is 8.51. The lowest BCUT2D eigenvalue weighted by Gasteiger charge is -2.49. The molecule has 0 saturated heterocycles. The van der Waals surface area contributed by atoms with Crippen LogP contribution < -0.4 is 0 Å². The molecule has 6 heteroatoms. The molecule has 4 atom stereocenters. The Bertz CT molecular complexity index is 1020. The van der Waals surface area contributed by atoms with Gasteiger partial charge in [0.2, 0.25) is 0 Å². The molecule has 0 amide bonds. The fraction of sp³-hybridized carbons (Fsp3) is 0.542. The minimum Gasteiger partial charge on any atom is -0.381 e. The Kier molecular flexibility index (Phi) is 4.21. The van der Waals surface area contributed by atoms with Gasteiger partial charge in [-0.25, -0.2) is 8.78 Å². The standard InChI is InChI=1S/C24H26F2N2O2/c1-22(2)16-8-10-24(22,23(13-29)9-7-14(12-23)30-3)21-15(16)11-19(27-28-21)20-17(25)5-4-6-18(20)26/h4-6,11,13-14,16H,7-10,12H2,1-3H3/t14-,16-,23?,24+/m0/s1. The van der Waals surface area contributed by atoms with Gasteiger partial charge >= 0.3 is 0 Å². The summed E-state index contributed by atoms with van der Waals surface area (Å²) >= 11 is 0. The molecule has 3 aliphatic rings. The van der Waals surface area contributed by atoms with Crippen molar-refractivity contribution in [3.63, 3.8) is 0 Å². The van der Waals surface area contributed by atoms with Crippen LogP contribution in [-0.2, 0) is 14.9 Å². The lowest BCUT2D eigenvalue weighted by atomic mass is 9.53. The van der Waals surface area contributed by atoms with Crippen molar-refractivity contribution < 1.29 is 18.3 Å².